The van der Waals surface area contributed by atoms with Crippen molar-refractivity contribution in [3.63, 3.8) is 0 Å². The van der Waals surface area contributed by atoms with Gasteiger partial charge < -0.3 is 0 Å². The first-order chi connectivity index (χ1) is 7.88. The third-order valence-corrected chi connectivity index (χ3v) is 2.71. The molecule has 0 atom stereocenters. The molecule has 0 amide bonds. The normalized spacial score (nSPS) is 10.3. The van der Waals surface area contributed by atoms with Crippen LogP contribution in [0.3, 0.4) is 0 Å². The molecule has 0 N–H and O–H groups in total. The number of hydrogen-bond acceptors (Lipinski definition) is 0. The number of nitrogens with zero attached hydrogens (tertiary/aromatic N) is 1. The Balaban J connectivity index is 2.05. The molecule has 82 valence electrons. The molecule has 0 saturated carbocycles. The van der Waals surface area contributed by atoms with Crippen LogP contribution in [0.1, 0.15) is 24.5 Å². The summed E-state index contributed by atoms with van der Waals surface area (Å²) in [5.74, 6) is 0. The summed E-state index contributed by atoms with van der Waals surface area (Å²) in [4.78, 5) is 0. The molecule has 0 bridgehead atoms. The van der Waals surface area contributed by atoms with E-state index in [0.29, 0.717) is 0 Å². The van der Waals surface area contributed by atoms with Crippen LogP contribution < -0.4 is 4.57 Å². The summed E-state index contributed by atoms with van der Waals surface area (Å²) < 4.78 is 2.22. The quantitative estimate of drug-likeness (QED) is 0.686. The van der Waals surface area contributed by atoms with Crippen molar-refractivity contribution in [1.82, 2.24) is 0 Å². The molecule has 1 heteroatoms. The van der Waals surface area contributed by atoms with Crippen LogP contribution in [0.25, 0.3) is 0 Å². The van der Waals surface area contributed by atoms with Crippen LogP contribution in [0, 0.1) is 0 Å². The Morgan fingerprint density at radius 3 is 2.19 bits per heavy atom. The summed E-state index contributed by atoms with van der Waals surface area (Å²) in [5.41, 5.74) is 2.77. The zero-order chi connectivity index (χ0) is 11.2. The molecule has 1 aromatic heterocycles. The second-order valence-electron chi connectivity index (χ2n) is 4.11. The van der Waals surface area contributed by atoms with E-state index in [-0.39, 0.29) is 0 Å². The van der Waals surface area contributed by atoms with E-state index in [1.165, 1.54) is 24.0 Å². The molecule has 0 unspecified atom stereocenters. The maximum absolute atomic E-state index is 2.22. The van der Waals surface area contributed by atoms with Crippen molar-refractivity contribution in [1.29, 1.82) is 0 Å². The van der Waals surface area contributed by atoms with Crippen molar-refractivity contribution >= 4 is 0 Å². The Labute approximate surface area is 97.4 Å². The molecular formula is C15H18N+. The molecule has 0 radical (unpaired) electrons. The molecule has 2 rings (SSSR count). The van der Waals surface area contributed by atoms with Gasteiger partial charge in [0.1, 0.15) is 0 Å². The zero-order valence-electron chi connectivity index (χ0n) is 9.76. The van der Waals surface area contributed by atoms with E-state index in [4.69, 9.17) is 0 Å². The predicted octanol–water partition coefficient (Wildman–Crippen LogP) is 2.97. The van der Waals surface area contributed by atoms with Crippen molar-refractivity contribution in [2.45, 2.75) is 26.3 Å². The topological polar surface area (TPSA) is 3.88 Å². The third-order valence-electron chi connectivity index (χ3n) is 2.71. The number of hydrogen-bond donors (Lipinski definition) is 0. The van der Waals surface area contributed by atoms with Crippen LogP contribution in [0.5, 0.6) is 0 Å². The molecule has 16 heavy (non-hydrogen) atoms. The zero-order valence-corrected chi connectivity index (χ0v) is 9.76. The number of pyridine rings is 1. The highest BCUT2D eigenvalue weighted by Crippen LogP contribution is 2.01. The van der Waals surface area contributed by atoms with Gasteiger partial charge in [0.15, 0.2) is 18.9 Å². The van der Waals surface area contributed by atoms with Crippen LogP contribution in [-0.4, -0.2) is 0 Å². The van der Waals surface area contributed by atoms with Crippen molar-refractivity contribution in [2.75, 3.05) is 0 Å². The largest absolute Gasteiger partial charge is 0.201 e. The molecule has 1 heterocycles. The van der Waals surface area contributed by atoms with Gasteiger partial charge >= 0.3 is 0 Å². The molecular weight excluding hydrogens is 194 g/mol. The monoisotopic (exact) mass is 212 g/mol. The van der Waals surface area contributed by atoms with E-state index in [1.54, 1.807) is 0 Å². The first-order valence-corrected chi connectivity index (χ1v) is 5.90. The van der Waals surface area contributed by atoms with E-state index in [0.717, 1.165) is 6.54 Å². The summed E-state index contributed by atoms with van der Waals surface area (Å²) in [6.07, 6.45) is 6.71. The van der Waals surface area contributed by atoms with Crippen LogP contribution >= 0.6 is 0 Å². The maximum atomic E-state index is 2.22. The van der Waals surface area contributed by atoms with E-state index >= 15 is 0 Å². The second kappa shape index (κ2) is 5.45. The van der Waals surface area contributed by atoms with Gasteiger partial charge in [-0.3, -0.25) is 0 Å². The van der Waals surface area contributed by atoms with Gasteiger partial charge in [-0.05, 0) is 12.0 Å². The lowest BCUT2D eigenvalue weighted by Crippen LogP contribution is -2.33. The SMILES string of the molecule is CCCc1cc[n+](Cc2ccccc2)cc1. The van der Waals surface area contributed by atoms with Crippen molar-refractivity contribution in [2.24, 2.45) is 0 Å². The van der Waals surface area contributed by atoms with E-state index < -0.39 is 0 Å². The summed E-state index contributed by atoms with van der Waals surface area (Å²) in [6, 6.07) is 15.0. The first kappa shape index (κ1) is 10.9. The van der Waals surface area contributed by atoms with Gasteiger partial charge in [0.25, 0.3) is 0 Å². The molecule has 1 nitrogen and oxygen atoms in total. The van der Waals surface area contributed by atoms with Gasteiger partial charge in [-0.25, -0.2) is 4.57 Å². The molecule has 0 aliphatic rings. The molecule has 0 saturated heterocycles. The molecule has 0 aliphatic carbocycles. The Hall–Kier alpha value is -1.63. The lowest BCUT2D eigenvalue weighted by molar-refractivity contribution is -0.688. The van der Waals surface area contributed by atoms with Crippen molar-refractivity contribution in [3.8, 4) is 0 Å². The summed E-state index contributed by atoms with van der Waals surface area (Å²) in [6.45, 7) is 3.16. The standard InChI is InChI=1S/C15H18N/c1-2-6-14-9-11-16(12-10-14)13-15-7-4-3-5-8-15/h3-5,7-12H,2,6,13H2,1H3/q+1. The highest BCUT2D eigenvalue weighted by molar-refractivity contribution is 5.13. The molecule has 1 aromatic carbocycles. The average molecular weight is 212 g/mol. The Morgan fingerprint density at radius 1 is 0.875 bits per heavy atom. The van der Waals surface area contributed by atoms with Crippen molar-refractivity contribution in [3.05, 3.63) is 66.0 Å². The van der Waals surface area contributed by atoms with Gasteiger partial charge in [0, 0.05) is 17.7 Å². The van der Waals surface area contributed by atoms with E-state index in [2.05, 4.69) is 66.3 Å². The van der Waals surface area contributed by atoms with Crippen LogP contribution in [-0.2, 0) is 13.0 Å². The number of aromatic nitrogens is 1. The van der Waals surface area contributed by atoms with E-state index in [1.807, 2.05) is 0 Å². The molecule has 0 spiro atoms. The average Bonchev–Trinajstić information content (AvgIpc) is 2.33. The molecule has 2 aromatic rings. The maximum Gasteiger partial charge on any atom is 0.173 e. The van der Waals surface area contributed by atoms with Gasteiger partial charge in [0.2, 0.25) is 0 Å². The summed E-state index contributed by atoms with van der Waals surface area (Å²) in [7, 11) is 0. The minimum atomic E-state index is 0.952. The fourth-order valence-corrected chi connectivity index (χ4v) is 1.84. The summed E-state index contributed by atoms with van der Waals surface area (Å²) in [5, 5.41) is 0. The van der Waals surface area contributed by atoms with Crippen LogP contribution in [0.15, 0.2) is 54.9 Å². The number of aryl methyl sites for hydroxylation is 1. The molecule has 0 aliphatic heterocycles. The highest BCUT2D eigenvalue weighted by atomic mass is 14.9. The lowest BCUT2D eigenvalue weighted by atomic mass is 10.1. The second-order valence-corrected chi connectivity index (χ2v) is 4.11. The first-order valence-electron chi connectivity index (χ1n) is 5.90. The summed E-state index contributed by atoms with van der Waals surface area (Å²) >= 11 is 0. The van der Waals surface area contributed by atoms with Gasteiger partial charge in [-0.15, -0.1) is 0 Å². The minimum Gasteiger partial charge on any atom is -0.201 e. The van der Waals surface area contributed by atoms with Crippen LogP contribution in [0.4, 0.5) is 0 Å². The Bertz CT molecular complexity index is 417. The Kier molecular flexibility index (Phi) is 3.71. The number of rotatable bonds is 4. The van der Waals surface area contributed by atoms with Gasteiger partial charge in [-0.1, -0.05) is 43.7 Å². The highest BCUT2D eigenvalue weighted by Gasteiger charge is 2.01. The van der Waals surface area contributed by atoms with E-state index in [9.17, 15) is 0 Å². The lowest BCUT2D eigenvalue weighted by Gasteiger charge is -1.99. The fraction of sp³-hybridized carbons (Fsp3) is 0.267. The number of benzene rings is 1. The third kappa shape index (κ3) is 2.93. The van der Waals surface area contributed by atoms with Gasteiger partial charge in [0.05, 0.1) is 0 Å². The minimum absolute atomic E-state index is 0.952. The smallest absolute Gasteiger partial charge is 0.173 e. The Morgan fingerprint density at radius 2 is 1.56 bits per heavy atom. The van der Waals surface area contributed by atoms with Crippen LogP contribution in [0.2, 0.25) is 0 Å². The van der Waals surface area contributed by atoms with Crippen molar-refractivity contribution < 1.29 is 4.57 Å². The predicted molar refractivity (Wildman–Crippen MR) is 66.2 cm³/mol. The fourth-order valence-electron chi connectivity index (χ4n) is 1.84. The molecule has 0 fully saturated rings. The van der Waals surface area contributed by atoms with Gasteiger partial charge in [-0.2, -0.15) is 0 Å².